The Morgan fingerprint density at radius 2 is 1.88 bits per heavy atom. The van der Waals surface area contributed by atoms with Crippen molar-refractivity contribution in [2.24, 2.45) is 5.92 Å². The molecule has 1 rings (SSSR count). The van der Waals surface area contributed by atoms with Crippen molar-refractivity contribution in [1.82, 2.24) is 0 Å². The van der Waals surface area contributed by atoms with E-state index in [4.69, 9.17) is 0 Å². The van der Waals surface area contributed by atoms with E-state index < -0.39 is 0 Å². The van der Waals surface area contributed by atoms with E-state index in [2.05, 4.69) is 5.32 Å². The quantitative estimate of drug-likeness (QED) is 0.824. The first-order valence-electron chi connectivity index (χ1n) is 5.55. The highest BCUT2D eigenvalue weighted by atomic mass is 16.3. The standard InChI is InChI=1S/C13H19NO2/c1-8(2)11-6-5-10(7-12(11)15)14-13(16)9(3)4/h5-9,15H,1-4H3,(H,14,16). The molecule has 0 aromatic heterocycles. The molecular formula is C13H19NO2. The van der Waals surface area contributed by atoms with Crippen molar-refractivity contribution in [3.63, 3.8) is 0 Å². The number of benzene rings is 1. The second kappa shape index (κ2) is 5.01. The second-order valence-electron chi connectivity index (χ2n) is 4.57. The van der Waals surface area contributed by atoms with Crippen LogP contribution in [0.25, 0.3) is 0 Å². The van der Waals surface area contributed by atoms with Crippen LogP contribution < -0.4 is 5.32 Å². The first-order chi connectivity index (χ1) is 7.41. The fraction of sp³-hybridized carbons (Fsp3) is 0.462. The molecule has 3 heteroatoms. The fourth-order valence-corrected chi connectivity index (χ4v) is 1.40. The maximum atomic E-state index is 11.4. The summed E-state index contributed by atoms with van der Waals surface area (Å²) in [6, 6.07) is 5.25. The van der Waals surface area contributed by atoms with Crippen molar-refractivity contribution in [1.29, 1.82) is 0 Å². The van der Waals surface area contributed by atoms with E-state index in [1.54, 1.807) is 6.07 Å². The van der Waals surface area contributed by atoms with E-state index in [1.165, 1.54) is 0 Å². The Balaban J connectivity index is 2.85. The summed E-state index contributed by atoms with van der Waals surface area (Å²) >= 11 is 0. The van der Waals surface area contributed by atoms with E-state index in [-0.39, 0.29) is 23.5 Å². The molecule has 88 valence electrons. The van der Waals surface area contributed by atoms with Gasteiger partial charge in [0.2, 0.25) is 5.91 Å². The molecule has 0 spiro atoms. The van der Waals surface area contributed by atoms with E-state index in [9.17, 15) is 9.90 Å². The smallest absolute Gasteiger partial charge is 0.226 e. The molecule has 16 heavy (non-hydrogen) atoms. The number of rotatable bonds is 3. The molecule has 0 saturated heterocycles. The molecule has 0 radical (unpaired) electrons. The lowest BCUT2D eigenvalue weighted by atomic mass is 10.0. The molecule has 1 aromatic rings. The van der Waals surface area contributed by atoms with Crippen LogP contribution in [0.5, 0.6) is 5.75 Å². The first kappa shape index (κ1) is 12.6. The maximum absolute atomic E-state index is 11.4. The van der Waals surface area contributed by atoms with Gasteiger partial charge in [0.05, 0.1) is 0 Å². The van der Waals surface area contributed by atoms with E-state index >= 15 is 0 Å². The van der Waals surface area contributed by atoms with Gasteiger partial charge in [0, 0.05) is 17.7 Å². The number of aromatic hydroxyl groups is 1. The number of carbonyl (C=O) groups excluding carboxylic acids is 1. The van der Waals surface area contributed by atoms with Crippen LogP contribution in [0.3, 0.4) is 0 Å². The van der Waals surface area contributed by atoms with E-state index in [0.29, 0.717) is 5.69 Å². The lowest BCUT2D eigenvalue weighted by Crippen LogP contribution is -2.17. The Hall–Kier alpha value is -1.51. The molecule has 0 atom stereocenters. The third-order valence-electron chi connectivity index (χ3n) is 2.44. The van der Waals surface area contributed by atoms with Crippen LogP contribution in [0.2, 0.25) is 0 Å². The predicted molar refractivity (Wildman–Crippen MR) is 65.7 cm³/mol. The topological polar surface area (TPSA) is 49.3 Å². The first-order valence-corrected chi connectivity index (χ1v) is 5.55. The highest BCUT2D eigenvalue weighted by Crippen LogP contribution is 2.28. The van der Waals surface area contributed by atoms with Gasteiger partial charge >= 0.3 is 0 Å². The molecule has 1 aromatic carbocycles. The van der Waals surface area contributed by atoms with Crippen LogP contribution >= 0.6 is 0 Å². The number of nitrogens with one attached hydrogen (secondary N) is 1. The minimum absolute atomic E-state index is 0.0447. The van der Waals surface area contributed by atoms with E-state index in [1.807, 2.05) is 39.8 Å². The van der Waals surface area contributed by atoms with Gasteiger partial charge in [0.15, 0.2) is 0 Å². The molecular weight excluding hydrogens is 202 g/mol. The van der Waals surface area contributed by atoms with Crippen LogP contribution in [-0.4, -0.2) is 11.0 Å². The van der Waals surface area contributed by atoms with Gasteiger partial charge in [-0.2, -0.15) is 0 Å². The lowest BCUT2D eigenvalue weighted by Gasteiger charge is -2.12. The largest absolute Gasteiger partial charge is 0.508 e. The number of phenols is 1. The summed E-state index contributed by atoms with van der Waals surface area (Å²) in [5.41, 5.74) is 1.53. The minimum Gasteiger partial charge on any atom is -0.508 e. The molecule has 0 heterocycles. The maximum Gasteiger partial charge on any atom is 0.226 e. The van der Waals surface area contributed by atoms with Gasteiger partial charge in [-0.1, -0.05) is 33.8 Å². The molecule has 0 fully saturated rings. The number of anilines is 1. The molecule has 0 bridgehead atoms. The predicted octanol–water partition coefficient (Wildman–Crippen LogP) is 3.11. The van der Waals surface area contributed by atoms with Crippen molar-refractivity contribution in [2.75, 3.05) is 5.32 Å². The zero-order valence-electron chi connectivity index (χ0n) is 10.2. The SMILES string of the molecule is CC(C)C(=O)Nc1ccc(C(C)C)c(O)c1. The Morgan fingerprint density at radius 3 is 2.31 bits per heavy atom. The van der Waals surface area contributed by atoms with Crippen molar-refractivity contribution in [2.45, 2.75) is 33.6 Å². The normalized spacial score (nSPS) is 10.9. The Bertz CT molecular complexity index is 384. The second-order valence-corrected chi connectivity index (χ2v) is 4.57. The zero-order chi connectivity index (χ0) is 12.3. The number of amides is 1. The van der Waals surface area contributed by atoms with Crippen LogP contribution in [-0.2, 0) is 4.79 Å². The van der Waals surface area contributed by atoms with Crippen LogP contribution in [0.1, 0.15) is 39.2 Å². The van der Waals surface area contributed by atoms with Crippen molar-refractivity contribution in [3.8, 4) is 5.75 Å². The number of phenolic OH excluding ortho intramolecular Hbond substituents is 1. The van der Waals surface area contributed by atoms with Crippen LogP contribution in [0, 0.1) is 5.92 Å². The van der Waals surface area contributed by atoms with Gasteiger partial charge in [-0.3, -0.25) is 4.79 Å². The number of hydrogen-bond acceptors (Lipinski definition) is 2. The summed E-state index contributed by atoms with van der Waals surface area (Å²) in [4.78, 5) is 11.4. The minimum atomic E-state index is -0.0630. The summed E-state index contributed by atoms with van der Waals surface area (Å²) in [5, 5.41) is 12.5. The summed E-state index contributed by atoms with van der Waals surface area (Å²) in [6.07, 6.45) is 0. The summed E-state index contributed by atoms with van der Waals surface area (Å²) in [6.45, 7) is 7.69. The third kappa shape index (κ3) is 2.99. The molecule has 0 aliphatic carbocycles. The third-order valence-corrected chi connectivity index (χ3v) is 2.44. The van der Waals surface area contributed by atoms with Gasteiger partial charge in [-0.15, -0.1) is 0 Å². The summed E-state index contributed by atoms with van der Waals surface area (Å²) < 4.78 is 0. The molecule has 3 nitrogen and oxygen atoms in total. The van der Waals surface area contributed by atoms with Gasteiger partial charge in [-0.25, -0.2) is 0 Å². The molecule has 2 N–H and O–H groups in total. The Morgan fingerprint density at radius 1 is 1.25 bits per heavy atom. The fourth-order valence-electron chi connectivity index (χ4n) is 1.40. The average molecular weight is 221 g/mol. The lowest BCUT2D eigenvalue weighted by molar-refractivity contribution is -0.118. The highest BCUT2D eigenvalue weighted by Gasteiger charge is 2.10. The zero-order valence-corrected chi connectivity index (χ0v) is 10.2. The van der Waals surface area contributed by atoms with Crippen LogP contribution in [0.15, 0.2) is 18.2 Å². The number of hydrogen-bond donors (Lipinski definition) is 2. The molecule has 0 aliphatic heterocycles. The molecule has 0 aliphatic rings. The van der Waals surface area contributed by atoms with E-state index in [0.717, 1.165) is 5.56 Å². The number of carbonyl (C=O) groups is 1. The Kier molecular flexibility index (Phi) is 3.93. The van der Waals surface area contributed by atoms with Gasteiger partial charge in [-0.05, 0) is 17.5 Å². The molecule has 0 saturated carbocycles. The van der Waals surface area contributed by atoms with Gasteiger partial charge in [0.1, 0.15) is 5.75 Å². The van der Waals surface area contributed by atoms with Gasteiger partial charge in [0.25, 0.3) is 0 Å². The van der Waals surface area contributed by atoms with Gasteiger partial charge < -0.3 is 10.4 Å². The van der Waals surface area contributed by atoms with Crippen LogP contribution in [0.4, 0.5) is 5.69 Å². The van der Waals surface area contributed by atoms with Crippen molar-refractivity contribution < 1.29 is 9.90 Å². The molecule has 1 amide bonds. The molecule has 0 unspecified atom stereocenters. The van der Waals surface area contributed by atoms with Crippen molar-refractivity contribution >= 4 is 11.6 Å². The summed E-state index contributed by atoms with van der Waals surface area (Å²) in [7, 11) is 0. The average Bonchev–Trinajstić information content (AvgIpc) is 2.16. The highest BCUT2D eigenvalue weighted by molar-refractivity contribution is 5.92. The summed E-state index contributed by atoms with van der Waals surface area (Å²) in [5.74, 6) is 0.398. The Labute approximate surface area is 96.5 Å². The monoisotopic (exact) mass is 221 g/mol. The van der Waals surface area contributed by atoms with Crippen molar-refractivity contribution in [3.05, 3.63) is 23.8 Å².